The Morgan fingerprint density at radius 1 is 1.22 bits per heavy atom. The van der Waals surface area contributed by atoms with Gasteiger partial charge in [-0.2, -0.15) is 0 Å². The number of carbonyl (C=O) groups excluding carboxylic acids is 3. The zero-order valence-corrected chi connectivity index (χ0v) is 15.4. The number of methoxy groups -OCH3 is 1. The second-order valence-corrected chi connectivity index (χ2v) is 5.75. The topological polar surface area (TPSA) is 103 Å². The molecule has 1 aliphatic rings. The van der Waals surface area contributed by atoms with Crippen LogP contribution >= 0.6 is 0 Å². The number of nitrogens with zero attached hydrogens (tertiary/aromatic N) is 1. The van der Waals surface area contributed by atoms with Gasteiger partial charge in [-0.3, -0.25) is 9.59 Å². The summed E-state index contributed by atoms with van der Waals surface area (Å²) in [5, 5.41) is 2.36. The summed E-state index contributed by atoms with van der Waals surface area (Å²) in [6.07, 6.45) is 2.69. The zero-order valence-electron chi connectivity index (χ0n) is 15.4. The minimum Gasteiger partial charge on any atom is -0.493 e. The average molecular weight is 378 g/mol. The van der Waals surface area contributed by atoms with E-state index in [-0.39, 0.29) is 12.5 Å². The van der Waals surface area contributed by atoms with Crippen LogP contribution in [0.15, 0.2) is 18.2 Å². The first kappa shape index (κ1) is 20.1. The van der Waals surface area contributed by atoms with Crippen LogP contribution in [0.4, 0.5) is 0 Å². The molecule has 2 rings (SSSR count). The molecule has 1 aliphatic heterocycles. The Balaban J connectivity index is 1.87. The third-order valence-corrected chi connectivity index (χ3v) is 3.54. The van der Waals surface area contributed by atoms with E-state index in [1.807, 2.05) is 0 Å². The van der Waals surface area contributed by atoms with Crippen molar-refractivity contribution in [2.24, 2.45) is 0 Å². The summed E-state index contributed by atoms with van der Waals surface area (Å²) in [4.78, 5) is 36.0. The first-order valence-corrected chi connectivity index (χ1v) is 8.20. The summed E-state index contributed by atoms with van der Waals surface area (Å²) in [7, 11) is 4.66. The van der Waals surface area contributed by atoms with Crippen molar-refractivity contribution in [3.05, 3.63) is 23.8 Å². The Bertz CT molecular complexity index is 726. The number of amides is 2. The third kappa shape index (κ3) is 5.91. The van der Waals surface area contributed by atoms with E-state index in [9.17, 15) is 14.4 Å². The fraction of sp³-hybridized carbons (Fsp3) is 0.389. The molecule has 0 atom stereocenters. The maximum Gasteiger partial charge on any atom is 0.331 e. The molecule has 0 spiro atoms. The zero-order chi connectivity index (χ0) is 19.8. The van der Waals surface area contributed by atoms with Crippen molar-refractivity contribution in [2.75, 3.05) is 47.6 Å². The van der Waals surface area contributed by atoms with E-state index in [2.05, 4.69) is 5.32 Å². The second kappa shape index (κ2) is 9.46. The van der Waals surface area contributed by atoms with Gasteiger partial charge in [0.2, 0.25) is 11.7 Å². The van der Waals surface area contributed by atoms with Gasteiger partial charge in [-0.05, 0) is 23.8 Å². The largest absolute Gasteiger partial charge is 0.493 e. The van der Waals surface area contributed by atoms with Crippen LogP contribution in [-0.2, 0) is 19.1 Å². The Morgan fingerprint density at radius 3 is 2.67 bits per heavy atom. The SMILES string of the molecule is COc1cc(/C=C/C(=O)OCC(=O)NCC(=O)N(C)C)cc2c1OCCO2. The minimum atomic E-state index is -0.696. The first-order chi connectivity index (χ1) is 12.9. The lowest BCUT2D eigenvalue weighted by atomic mass is 10.1. The van der Waals surface area contributed by atoms with Gasteiger partial charge in [-0.15, -0.1) is 0 Å². The van der Waals surface area contributed by atoms with Crippen LogP contribution in [0, 0.1) is 0 Å². The van der Waals surface area contributed by atoms with Crippen LogP contribution in [0.3, 0.4) is 0 Å². The molecule has 1 N–H and O–H groups in total. The van der Waals surface area contributed by atoms with Crippen molar-refractivity contribution in [2.45, 2.75) is 0 Å². The van der Waals surface area contributed by atoms with Crippen LogP contribution in [0.5, 0.6) is 17.2 Å². The molecule has 0 aromatic heterocycles. The molecule has 0 unspecified atom stereocenters. The summed E-state index contributed by atoms with van der Waals surface area (Å²) in [6.45, 7) is 0.231. The van der Waals surface area contributed by atoms with Crippen LogP contribution in [0.25, 0.3) is 6.08 Å². The van der Waals surface area contributed by atoms with Gasteiger partial charge in [0, 0.05) is 20.2 Å². The number of carbonyl (C=O) groups is 3. The van der Waals surface area contributed by atoms with Crippen molar-refractivity contribution < 1.29 is 33.3 Å². The summed E-state index contributed by atoms with van der Waals surface area (Å²) in [5.74, 6) is 0.0177. The minimum absolute atomic E-state index is 0.157. The summed E-state index contributed by atoms with van der Waals surface area (Å²) in [6, 6.07) is 3.40. The van der Waals surface area contributed by atoms with Gasteiger partial charge in [-0.25, -0.2) is 4.79 Å². The van der Waals surface area contributed by atoms with E-state index in [0.29, 0.717) is 36.0 Å². The standard InChI is InChI=1S/C18H22N2O7/c1-20(2)16(22)10-19-15(21)11-27-17(23)5-4-12-8-13(24-3)18-14(9-12)25-6-7-26-18/h4-5,8-9H,6-7,10-11H2,1-3H3,(H,19,21)/b5-4+. The number of benzene rings is 1. The molecule has 0 fully saturated rings. The van der Waals surface area contributed by atoms with Crippen molar-refractivity contribution in [3.63, 3.8) is 0 Å². The maximum atomic E-state index is 11.8. The van der Waals surface area contributed by atoms with Gasteiger partial charge in [0.1, 0.15) is 13.2 Å². The van der Waals surface area contributed by atoms with Crippen molar-refractivity contribution in [1.82, 2.24) is 10.2 Å². The lowest BCUT2D eigenvalue weighted by Gasteiger charge is -2.20. The highest BCUT2D eigenvalue weighted by atomic mass is 16.6. The fourth-order valence-electron chi connectivity index (χ4n) is 2.12. The molecule has 27 heavy (non-hydrogen) atoms. The third-order valence-electron chi connectivity index (χ3n) is 3.54. The molecule has 2 amide bonds. The van der Waals surface area contributed by atoms with Gasteiger partial charge in [-0.1, -0.05) is 0 Å². The number of likely N-dealkylation sites (N-methyl/N-ethyl adjacent to an activating group) is 1. The van der Waals surface area contributed by atoms with Crippen LogP contribution in [-0.4, -0.2) is 70.3 Å². The number of ether oxygens (including phenoxy) is 4. The summed E-state index contributed by atoms with van der Waals surface area (Å²) < 4.78 is 21.1. The summed E-state index contributed by atoms with van der Waals surface area (Å²) >= 11 is 0. The number of nitrogens with one attached hydrogen (secondary N) is 1. The smallest absolute Gasteiger partial charge is 0.331 e. The molecule has 0 aliphatic carbocycles. The van der Waals surface area contributed by atoms with Crippen LogP contribution in [0.1, 0.15) is 5.56 Å². The molecular formula is C18H22N2O7. The van der Waals surface area contributed by atoms with E-state index in [1.165, 1.54) is 24.2 Å². The number of hydrogen-bond acceptors (Lipinski definition) is 7. The van der Waals surface area contributed by atoms with Crippen LogP contribution in [0.2, 0.25) is 0 Å². The average Bonchev–Trinajstić information content (AvgIpc) is 2.67. The summed E-state index contributed by atoms with van der Waals surface area (Å²) in [5.41, 5.74) is 0.647. The number of rotatable bonds is 7. The number of fused-ring (bicyclic) bond motifs is 1. The quantitative estimate of drug-likeness (QED) is 0.535. The van der Waals surface area contributed by atoms with Crippen molar-refractivity contribution in [3.8, 4) is 17.2 Å². The Morgan fingerprint density at radius 2 is 1.96 bits per heavy atom. The Kier molecular flexibility index (Phi) is 7.04. The van der Waals surface area contributed by atoms with Gasteiger partial charge < -0.3 is 29.2 Å². The monoisotopic (exact) mass is 378 g/mol. The lowest BCUT2D eigenvalue weighted by molar-refractivity contribution is -0.144. The van der Waals surface area contributed by atoms with Gasteiger partial charge in [0.25, 0.3) is 5.91 Å². The number of hydrogen-bond donors (Lipinski definition) is 1. The molecule has 146 valence electrons. The van der Waals surface area contributed by atoms with E-state index in [1.54, 1.807) is 26.2 Å². The van der Waals surface area contributed by atoms with Crippen molar-refractivity contribution >= 4 is 23.9 Å². The Labute approximate surface area is 156 Å². The Hall–Kier alpha value is -3.23. The van der Waals surface area contributed by atoms with Crippen LogP contribution < -0.4 is 19.5 Å². The molecule has 0 bridgehead atoms. The van der Waals surface area contributed by atoms with E-state index < -0.39 is 18.5 Å². The second-order valence-electron chi connectivity index (χ2n) is 5.75. The van der Waals surface area contributed by atoms with Gasteiger partial charge >= 0.3 is 5.97 Å². The van der Waals surface area contributed by atoms with Crippen molar-refractivity contribution in [1.29, 1.82) is 0 Å². The maximum absolute atomic E-state index is 11.8. The predicted molar refractivity (Wildman–Crippen MR) is 95.7 cm³/mol. The highest BCUT2D eigenvalue weighted by Crippen LogP contribution is 2.40. The van der Waals surface area contributed by atoms with E-state index in [0.717, 1.165) is 0 Å². The fourth-order valence-corrected chi connectivity index (χ4v) is 2.12. The number of esters is 1. The lowest BCUT2D eigenvalue weighted by Crippen LogP contribution is -2.38. The molecule has 9 heteroatoms. The molecule has 0 saturated carbocycles. The molecular weight excluding hydrogens is 356 g/mol. The molecule has 9 nitrogen and oxygen atoms in total. The van der Waals surface area contributed by atoms with Gasteiger partial charge in [0.05, 0.1) is 13.7 Å². The molecule has 0 saturated heterocycles. The normalized spacial score (nSPS) is 12.4. The van der Waals surface area contributed by atoms with Gasteiger partial charge in [0.15, 0.2) is 18.1 Å². The van der Waals surface area contributed by atoms with E-state index >= 15 is 0 Å². The highest BCUT2D eigenvalue weighted by molar-refractivity contribution is 5.90. The first-order valence-electron chi connectivity index (χ1n) is 8.20. The predicted octanol–water partition coefficient (Wildman–Crippen LogP) is 0.227. The highest BCUT2D eigenvalue weighted by Gasteiger charge is 2.18. The molecule has 1 aromatic rings. The molecule has 0 radical (unpaired) electrons. The molecule has 1 heterocycles. The molecule has 1 aromatic carbocycles. The van der Waals surface area contributed by atoms with E-state index in [4.69, 9.17) is 18.9 Å².